The Hall–Kier alpha value is -2.99. The number of hydrogen-bond donors (Lipinski definition) is 1. The van der Waals surface area contributed by atoms with Gasteiger partial charge in [0.15, 0.2) is 12.3 Å². The zero-order valence-electron chi connectivity index (χ0n) is 14.9. The van der Waals surface area contributed by atoms with E-state index in [4.69, 9.17) is 4.74 Å². The molecule has 1 amide bonds. The van der Waals surface area contributed by atoms with Gasteiger partial charge in [-0.3, -0.25) is 4.79 Å². The summed E-state index contributed by atoms with van der Waals surface area (Å²) in [6.07, 6.45) is 0. The van der Waals surface area contributed by atoms with Crippen LogP contribution in [0.15, 0.2) is 66.0 Å². The van der Waals surface area contributed by atoms with Crippen LogP contribution in [0.4, 0.5) is 0 Å². The van der Waals surface area contributed by atoms with Crippen LogP contribution in [0, 0.1) is 0 Å². The number of benzene rings is 2. The first-order valence-corrected chi connectivity index (χ1v) is 9.51. The molecule has 3 rings (SSSR count). The van der Waals surface area contributed by atoms with Crippen LogP contribution in [-0.2, 0) is 9.53 Å². The first-order chi connectivity index (χ1) is 13.1. The molecular formula is C21H20N2O3S. The highest BCUT2D eigenvalue weighted by Gasteiger charge is 2.15. The monoisotopic (exact) mass is 380 g/mol. The highest BCUT2D eigenvalue weighted by molar-refractivity contribution is 7.13. The predicted octanol–water partition coefficient (Wildman–Crippen LogP) is 3.89. The van der Waals surface area contributed by atoms with E-state index in [1.807, 2.05) is 67.6 Å². The summed E-state index contributed by atoms with van der Waals surface area (Å²) >= 11 is 1.36. The number of nitrogens with zero attached hydrogens (tertiary/aromatic N) is 1. The van der Waals surface area contributed by atoms with Crippen molar-refractivity contribution in [3.8, 4) is 10.6 Å². The van der Waals surface area contributed by atoms with Crippen LogP contribution in [0.1, 0.15) is 28.9 Å². The van der Waals surface area contributed by atoms with Gasteiger partial charge in [-0.1, -0.05) is 67.6 Å². The number of rotatable bonds is 7. The molecule has 0 fully saturated rings. The standard InChI is InChI=1S/C21H20N2O3S/c1-15(16-8-4-2-5-9-16)12-22-19(24)13-26-21(25)18-14-27-20(23-18)17-10-6-3-7-11-17/h2-11,14-15H,12-13H2,1H3,(H,22,24)/t15-/m0/s1. The average Bonchev–Trinajstić information content (AvgIpc) is 3.22. The van der Waals surface area contributed by atoms with Crippen molar-refractivity contribution in [2.24, 2.45) is 0 Å². The maximum atomic E-state index is 12.1. The summed E-state index contributed by atoms with van der Waals surface area (Å²) in [7, 11) is 0. The van der Waals surface area contributed by atoms with E-state index < -0.39 is 5.97 Å². The number of hydrogen-bond acceptors (Lipinski definition) is 5. The second kappa shape index (κ2) is 9.09. The van der Waals surface area contributed by atoms with Crippen LogP contribution in [0.2, 0.25) is 0 Å². The number of carbonyl (C=O) groups excluding carboxylic acids is 2. The number of thiazole rings is 1. The molecule has 1 heterocycles. The van der Waals surface area contributed by atoms with Crippen molar-refractivity contribution in [1.29, 1.82) is 0 Å². The third-order valence-corrected chi connectivity index (χ3v) is 4.93. The quantitative estimate of drug-likeness (QED) is 0.632. The smallest absolute Gasteiger partial charge is 0.358 e. The molecule has 138 valence electrons. The lowest BCUT2D eigenvalue weighted by Gasteiger charge is -2.13. The van der Waals surface area contributed by atoms with E-state index in [-0.39, 0.29) is 24.1 Å². The van der Waals surface area contributed by atoms with Gasteiger partial charge in [0.1, 0.15) is 5.01 Å². The molecule has 0 radical (unpaired) electrons. The lowest BCUT2D eigenvalue weighted by molar-refractivity contribution is -0.124. The molecule has 0 saturated carbocycles. The van der Waals surface area contributed by atoms with E-state index in [0.717, 1.165) is 16.1 Å². The van der Waals surface area contributed by atoms with Crippen molar-refractivity contribution in [2.75, 3.05) is 13.2 Å². The van der Waals surface area contributed by atoms with Crippen molar-refractivity contribution in [1.82, 2.24) is 10.3 Å². The van der Waals surface area contributed by atoms with Gasteiger partial charge in [-0.05, 0) is 11.5 Å². The number of ether oxygens (including phenoxy) is 1. The molecule has 0 spiro atoms. The molecule has 0 aliphatic heterocycles. The van der Waals surface area contributed by atoms with E-state index in [1.165, 1.54) is 11.3 Å². The Morgan fingerprint density at radius 2 is 1.74 bits per heavy atom. The second-order valence-corrected chi connectivity index (χ2v) is 6.95. The molecule has 0 saturated heterocycles. The number of esters is 1. The number of carbonyl (C=O) groups is 2. The largest absolute Gasteiger partial charge is 0.451 e. The molecule has 0 unspecified atom stereocenters. The Labute approximate surface area is 162 Å². The van der Waals surface area contributed by atoms with Crippen molar-refractivity contribution < 1.29 is 14.3 Å². The van der Waals surface area contributed by atoms with Crippen molar-refractivity contribution in [3.05, 3.63) is 77.3 Å². The van der Waals surface area contributed by atoms with Gasteiger partial charge in [-0.15, -0.1) is 11.3 Å². The lowest BCUT2D eigenvalue weighted by Crippen LogP contribution is -2.31. The Morgan fingerprint density at radius 3 is 2.44 bits per heavy atom. The third-order valence-electron chi connectivity index (χ3n) is 4.04. The van der Waals surface area contributed by atoms with E-state index >= 15 is 0 Å². The fraction of sp³-hybridized carbons (Fsp3) is 0.190. The molecule has 1 aromatic heterocycles. The summed E-state index contributed by atoms with van der Waals surface area (Å²) < 4.78 is 5.07. The number of amides is 1. The van der Waals surface area contributed by atoms with Gasteiger partial charge in [0.25, 0.3) is 5.91 Å². The second-order valence-electron chi connectivity index (χ2n) is 6.10. The van der Waals surface area contributed by atoms with Crippen molar-refractivity contribution in [2.45, 2.75) is 12.8 Å². The maximum Gasteiger partial charge on any atom is 0.358 e. The first kappa shape index (κ1) is 18.8. The number of nitrogens with one attached hydrogen (secondary N) is 1. The van der Waals surface area contributed by atoms with Gasteiger partial charge in [0.2, 0.25) is 0 Å². The van der Waals surface area contributed by atoms with Gasteiger partial charge >= 0.3 is 5.97 Å². The fourth-order valence-corrected chi connectivity index (χ4v) is 3.30. The van der Waals surface area contributed by atoms with Crippen LogP contribution in [-0.4, -0.2) is 30.0 Å². The van der Waals surface area contributed by atoms with Gasteiger partial charge in [-0.25, -0.2) is 9.78 Å². The molecule has 0 bridgehead atoms. The minimum absolute atomic E-state index is 0.179. The minimum Gasteiger partial charge on any atom is -0.451 e. The average molecular weight is 380 g/mol. The van der Waals surface area contributed by atoms with E-state index in [9.17, 15) is 9.59 Å². The topological polar surface area (TPSA) is 68.3 Å². The van der Waals surface area contributed by atoms with Gasteiger partial charge in [-0.2, -0.15) is 0 Å². The number of aromatic nitrogens is 1. The Balaban J connectivity index is 1.46. The van der Waals surface area contributed by atoms with Gasteiger partial charge in [0.05, 0.1) is 0 Å². The molecule has 1 atom stereocenters. The van der Waals surface area contributed by atoms with Gasteiger partial charge in [0, 0.05) is 17.5 Å². The molecule has 1 N–H and O–H groups in total. The normalized spacial score (nSPS) is 11.6. The van der Waals surface area contributed by atoms with Crippen molar-refractivity contribution >= 4 is 23.2 Å². The highest BCUT2D eigenvalue weighted by atomic mass is 32.1. The van der Waals surface area contributed by atoms with Crippen LogP contribution in [0.3, 0.4) is 0 Å². The summed E-state index contributed by atoms with van der Waals surface area (Å²) in [6, 6.07) is 19.5. The van der Waals surface area contributed by atoms with E-state index in [2.05, 4.69) is 10.3 Å². The predicted molar refractivity (Wildman–Crippen MR) is 106 cm³/mol. The van der Waals surface area contributed by atoms with Crippen LogP contribution in [0.5, 0.6) is 0 Å². The van der Waals surface area contributed by atoms with Crippen LogP contribution >= 0.6 is 11.3 Å². The molecule has 0 aliphatic carbocycles. The molecule has 5 nitrogen and oxygen atoms in total. The van der Waals surface area contributed by atoms with E-state index in [0.29, 0.717) is 6.54 Å². The lowest BCUT2D eigenvalue weighted by atomic mass is 10.0. The van der Waals surface area contributed by atoms with Crippen LogP contribution in [0.25, 0.3) is 10.6 Å². The molecule has 0 aliphatic rings. The molecule has 27 heavy (non-hydrogen) atoms. The molecule has 3 aromatic rings. The van der Waals surface area contributed by atoms with Crippen molar-refractivity contribution in [3.63, 3.8) is 0 Å². The summed E-state index contributed by atoms with van der Waals surface area (Å²) in [5.74, 6) is -0.748. The zero-order chi connectivity index (χ0) is 19.1. The molecule has 6 heteroatoms. The SMILES string of the molecule is C[C@@H](CNC(=O)COC(=O)c1csc(-c2ccccc2)n1)c1ccccc1. The summed E-state index contributed by atoms with van der Waals surface area (Å²) in [4.78, 5) is 28.3. The first-order valence-electron chi connectivity index (χ1n) is 8.63. The minimum atomic E-state index is -0.598. The van der Waals surface area contributed by atoms with Crippen LogP contribution < -0.4 is 5.32 Å². The van der Waals surface area contributed by atoms with E-state index in [1.54, 1.807) is 5.38 Å². The third kappa shape index (κ3) is 5.24. The fourth-order valence-electron chi connectivity index (χ4n) is 2.50. The summed E-state index contributed by atoms with van der Waals surface area (Å²) in [6.45, 7) is 2.19. The molecule has 2 aromatic carbocycles. The van der Waals surface area contributed by atoms with Gasteiger partial charge < -0.3 is 10.1 Å². The zero-order valence-corrected chi connectivity index (χ0v) is 15.7. The Bertz CT molecular complexity index is 894. The highest BCUT2D eigenvalue weighted by Crippen LogP contribution is 2.23. The summed E-state index contributed by atoms with van der Waals surface area (Å²) in [5, 5.41) is 5.16. The molecular weight excluding hydrogens is 360 g/mol. The summed E-state index contributed by atoms with van der Waals surface area (Å²) in [5.41, 5.74) is 2.30. The Kier molecular flexibility index (Phi) is 6.33. The Morgan fingerprint density at radius 1 is 1.07 bits per heavy atom. The maximum absolute atomic E-state index is 12.1.